The molecule has 1 atom stereocenters. The molecule has 0 aliphatic carbocycles. The third-order valence-electron chi connectivity index (χ3n) is 2.66. The number of sulfonamides is 1. The number of rotatable bonds is 7. The minimum atomic E-state index is -3.90. The standard InChI is InChI=1S/C10H15N5O4S2/c1-3-14(6-7(2)5-11)21(18,19)9-4-8(15(16)17)10(13-12)20-9/h4,7,13H,3,6,12H2,1-2H3. The fourth-order valence-corrected chi connectivity index (χ4v) is 4.53. The second kappa shape index (κ2) is 6.81. The summed E-state index contributed by atoms with van der Waals surface area (Å²) in [5.74, 6) is 4.68. The number of nitrogens with two attached hydrogens (primary N) is 1. The van der Waals surface area contributed by atoms with E-state index in [1.54, 1.807) is 13.8 Å². The van der Waals surface area contributed by atoms with Gasteiger partial charge in [0, 0.05) is 19.2 Å². The van der Waals surface area contributed by atoms with Gasteiger partial charge in [-0.25, -0.2) is 14.3 Å². The zero-order valence-corrected chi connectivity index (χ0v) is 13.1. The highest BCUT2D eigenvalue weighted by Gasteiger charge is 2.30. The summed E-state index contributed by atoms with van der Waals surface area (Å²) in [7, 11) is -3.90. The van der Waals surface area contributed by atoms with Crippen molar-refractivity contribution >= 4 is 32.0 Å². The van der Waals surface area contributed by atoms with Crippen LogP contribution in [0.5, 0.6) is 0 Å². The van der Waals surface area contributed by atoms with Crippen LogP contribution in [-0.2, 0) is 10.0 Å². The molecule has 0 spiro atoms. The fourth-order valence-electron chi connectivity index (χ4n) is 1.60. The van der Waals surface area contributed by atoms with Gasteiger partial charge in [0.2, 0.25) is 0 Å². The van der Waals surface area contributed by atoms with Crippen molar-refractivity contribution in [2.75, 3.05) is 18.5 Å². The lowest BCUT2D eigenvalue weighted by Gasteiger charge is -2.20. The number of hydrogen-bond acceptors (Lipinski definition) is 8. The Bertz CT molecular complexity index is 663. The summed E-state index contributed by atoms with van der Waals surface area (Å²) in [6.45, 7) is 3.41. The zero-order valence-electron chi connectivity index (χ0n) is 11.4. The first-order chi connectivity index (χ1) is 9.77. The number of thiophene rings is 1. The van der Waals surface area contributed by atoms with Crippen LogP contribution in [-0.4, -0.2) is 30.7 Å². The van der Waals surface area contributed by atoms with Crippen LogP contribution >= 0.6 is 11.3 Å². The molecule has 0 amide bonds. The van der Waals surface area contributed by atoms with Gasteiger partial charge < -0.3 is 5.43 Å². The Labute approximate surface area is 126 Å². The molecule has 3 N–H and O–H groups in total. The normalized spacial score (nSPS) is 12.9. The Morgan fingerprint density at radius 2 is 2.29 bits per heavy atom. The van der Waals surface area contributed by atoms with Gasteiger partial charge in [0.05, 0.1) is 16.9 Å². The topological polar surface area (TPSA) is 142 Å². The molecule has 21 heavy (non-hydrogen) atoms. The van der Waals surface area contributed by atoms with E-state index in [9.17, 15) is 18.5 Å². The van der Waals surface area contributed by atoms with Gasteiger partial charge in [-0.3, -0.25) is 10.1 Å². The molecular formula is C10H15N5O4S2. The van der Waals surface area contributed by atoms with Gasteiger partial charge in [0.25, 0.3) is 10.0 Å². The second-order valence-corrected chi connectivity index (χ2v) is 7.38. The van der Waals surface area contributed by atoms with E-state index in [4.69, 9.17) is 11.1 Å². The largest absolute Gasteiger partial charge is 0.310 e. The smallest absolute Gasteiger partial charge is 0.306 e. The van der Waals surface area contributed by atoms with E-state index in [0.29, 0.717) is 11.3 Å². The average molecular weight is 333 g/mol. The molecule has 11 heteroatoms. The van der Waals surface area contributed by atoms with Gasteiger partial charge >= 0.3 is 5.69 Å². The Morgan fingerprint density at radius 1 is 1.67 bits per heavy atom. The van der Waals surface area contributed by atoms with E-state index in [-0.39, 0.29) is 22.3 Å². The number of hydrazine groups is 1. The summed E-state index contributed by atoms with van der Waals surface area (Å²) in [6, 6.07) is 2.92. The second-order valence-electron chi connectivity index (χ2n) is 4.17. The van der Waals surface area contributed by atoms with E-state index < -0.39 is 26.6 Å². The minimum absolute atomic E-state index is 0.0203. The number of nitrogen functional groups attached to an aromatic ring is 1. The SMILES string of the molecule is CCN(CC(C)C#N)S(=O)(=O)c1cc([N+](=O)[O-])c(NN)s1. The molecular weight excluding hydrogens is 318 g/mol. The first-order valence-corrected chi connectivity index (χ1v) is 8.18. The lowest BCUT2D eigenvalue weighted by molar-refractivity contribution is -0.383. The maximum Gasteiger partial charge on any atom is 0.306 e. The van der Waals surface area contributed by atoms with Crippen molar-refractivity contribution in [1.29, 1.82) is 5.26 Å². The first-order valence-electron chi connectivity index (χ1n) is 5.92. The highest BCUT2D eigenvalue weighted by Crippen LogP contribution is 2.37. The van der Waals surface area contributed by atoms with Crippen LogP contribution in [0, 0.1) is 27.4 Å². The first kappa shape index (κ1) is 17.3. The molecule has 1 aromatic heterocycles. The molecule has 0 saturated heterocycles. The van der Waals surface area contributed by atoms with Crippen LogP contribution in [0.1, 0.15) is 13.8 Å². The number of anilines is 1. The fraction of sp³-hybridized carbons (Fsp3) is 0.500. The number of hydrogen-bond donors (Lipinski definition) is 2. The summed E-state index contributed by atoms with van der Waals surface area (Å²) in [5, 5.41) is 19.6. The summed E-state index contributed by atoms with van der Waals surface area (Å²) >= 11 is 0.683. The van der Waals surface area contributed by atoms with Gasteiger partial charge in [0.1, 0.15) is 4.21 Å². The van der Waals surface area contributed by atoms with Crippen molar-refractivity contribution in [2.24, 2.45) is 11.8 Å². The molecule has 0 radical (unpaired) electrons. The predicted octanol–water partition coefficient (Wildman–Crippen LogP) is 1.11. The molecule has 0 aliphatic heterocycles. The molecule has 1 rings (SSSR count). The third kappa shape index (κ3) is 3.67. The van der Waals surface area contributed by atoms with Crippen LogP contribution in [0.2, 0.25) is 0 Å². The maximum atomic E-state index is 12.5. The van der Waals surface area contributed by atoms with Gasteiger partial charge in [-0.15, -0.1) is 0 Å². The third-order valence-corrected chi connectivity index (χ3v) is 6.11. The summed E-state index contributed by atoms with van der Waals surface area (Å²) in [6.07, 6.45) is 0. The molecule has 9 nitrogen and oxygen atoms in total. The Kier molecular flexibility index (Phi) is 5.62. The Hall–Kier alpha value is -1.74. The van der Waals surface area contributed by atoms with Crippen LogP contribution in [0.25, 0.3) is 0 Å². The van der Waals surface area contributed by atoms with Crippen molar-refractivity contribution in [3.63, 3.8) is 0 Å². The van der Waals surface area contributed by atoms with Gasteiger partial charge in [-0.05, 0) is 6.92 Å². The van der Waals surface area contributed by atoms with Crippen molar-refractivity contribution < 1.29 is 13.3 Å². The van der Waals surface area contributed by atoms with E-state index in [0.717, 1.165) is 10.4 Å². The van der Waals surface area contributed by atoms with E-state index in [1.165, 1.54) is 0 Å². The van der Waals surface area contributed by atoms with E-state index >= 15 is 0 Å². The predicted molar refractivity (Wildman–Crippen MR) is 78.0 cm³/mol. The highest BCUT2D eigenvalue weighted by atomic mass is 32.2. The van der Waals surface area contributed by atoms with Gasteiger partial charge in [-0.2, -0.15) is 9.57 Å². The average Bonchev–Trinajstić information content (AvgIpc) is 2.89. The number of nitriles is 1. The summed E-state index contributed by atoms with van der Waals surface area (Å²) < 4.78 is 25.8. The monoisotopic (exact) mass is 333 g/mol. The lowest BCUT2D eigenvalue weighted by atomic mass is 10.2. The highest BCUT2D eigenvalue weighted by molar-refractivity contribution is 7.91. The Morgan fingerprint density at radius 3 is 2.67 bits per heavy atom. The molecule has 1 heterocycles. The molecule has 0 aliphatic rings. The minimum Gasteiger partial charge on any atom is -0.310 e. The van der Waals surface area contributed by atoms with E-state index in [2.05, 4.69) is 5.43 Å². The van der Waals surface area contributed by atoms with Crippen molar-refractivity contribution in [1.82, 2.24) is 4.31 Å². The zero-order chi connectivity index (χ0) is 16.2. The molecule has 116 valence electrons. The molecule has 1 unspecified atom stereocenters. The lowest BCUT2D eigenvalue weighted by Crippen LogP contribution is -2.33. The van der Waals surface area contributed by atoms with Crippen molar-refractivity contribution in [3.8, 4) is 6.07 Å². The molecule has 1 aromatic rings. The molecule has 0 fully saturated rings. The summed E-state index contributed by atoms with van der Waals surface area (Å²) in [5.41, 5.74) is 1.72. The number of nitro groups is 1. The molecule has 0 saturated carbocycles. The van der Waals surface area contributed by atoms with Crippen LogP contribution < -0.4 is 11.3 Å². The van der Waals surface area contributed by atoms with Crippen molar-refractivity contribution in [2.45, 2.75) is 18.1 Å². The quantitative estimate of drug-likeness (QED) is 0.432. The number of nitrogens with zero attached hydrogens (tertiary/aromatic N) is 3. The van der Waals surface area contributed by atoms with Gasteiger partial charge in [0.15, 0.2) is 5.00 Å². The van der Waals surface area contributed by atoms with Gasteiger partial charge in [-0.1, -0.05) is 18.3 Å². The van der Waals surface area contributed by atoms with Crippen LogP contribution in [0.3, 0.4) is 0 Å². The van der Waals surface area contributed by atoms with Crippen molar-refractivity contribution in [3.05, 3.63) is 16.2 Å². The molecule has 0 bridgehead atoms. The number of nitrogens with one attached hydrogen (secondary N) is 1. The van der Waals surface area contributed by atoms with E-state index in [1.807, 2.05) is 6.07 Å². The summed E-state index contributed by atoms with van der Waals surface area (Å²) in [4.78, 5) is 10.1. The van der Waals surface area contributed by atoms with Crippen LogP contribution in [0.15, 0.2) is 10.3 Å². The Balaban J connectivity index is 3.23. The maximum absolute atomic E-state index is 12.5. The molecule has 0 aromatic carbocycles. The van der Waals surface area contributed by atoms with Crippen LogP contribution in [0.4, 0.5) is 10.7 Å².